The standard InChI is InChI=1S/C17H28O3/c1-3-4-5-6-7-8-9-10-11-12-13-15-16(18)14(2)20-17(15)19/h13,16,18H,2-12H2,1H3/b15-13-/t16-/m0/s1. The fourth-order valence-electron chi connectivity index (χ4n) is 2.43. The Balaban J connectivity index is 2.02. The molecule has 0 aromatic carbocycles. The quantitative estimate of drug-likeness (QED) is 0.369. The molecule has 1 heterocycles. The molecule has 20 heavy (non-hydrogen) atoms. The molecule has 0 unspecified atom stereocenters. The highest BCUT2D eigenvalue weighted by Crippen LogP contribution is 2.23. The highest BCUT2D eigenvalue weighted by atomic mass is 16.6. The minimum atomic E-state index is -0.930. The van der Waals surface area contributed by atoms with Crippen LogP contribution in [0.15, 0.2) is 24.0 Å². The molecule has 0 aromatic heterocycles. The van der Waals surface area contributed by atoms with Gasteiger partial charge in [-0.15, -0.1) is 0 Å². The van der Waals surface area contributed by atoms with Gasteiger partial charge in [-0.1, -0.05) is 70.9 Å². The van der Waals surface area contributed by atoms with Gasteiger partial charge in [-0.3, -0.25) is 0 Å². The zero-order valence-electron chi connectivity index (χ0n) is 12.7. The van der Waals surface area contributed by atoms with Crippen molar-refractivity contribution < 1.29 is 14.6 Å². The van der Waals surface area contributed by atoms with Gasteiger partial charge in [-0.2, -0.15) is 0 Å². The second-order valence-electron chi connectivity index (χ2n) is 5.53. The van der Waals surface area contributed by atoms with Crippen LogP contribution < -0.4 is 0 Å². The van der Waals surface area contributed by atoms with Crippen molar-refractivity contribution in [2.45, 2.75) is 77.2 Å². The summed E-state index contributed by atoms with van der Waals surface area (Å²) in [6.07, 6.45) is 13.2. The average molecular weight is 280 g/mol. The third kappa shape index (κ3) is 5.91. The van der Waals surface area contributed by atoms with Crippen molar-refractivity contribution in [1.29, 1.82) is 0 Å². The Morgan fingerprint density at radius 3 is 2.15 bits per heavy atom. The van der Waals surface area contributed by atoms with E-state index in [0.29, 0.717) is 5.57 Å². The van der Waals surface area contributed by atoms with E-state index in [-0.39, 0.29) is 5.76 Å². The number of aliphatic hydroxyl groups excluding tert-OH is 1. The normalized spacial score (nSPS) is 20.7. The summed E-state index contributed by atoms with van der Waals surface area (Å²) < 4.78 is 4.78. The zero-order chi connectivity index (χ0) is 14.8. The van der Waals surface area contributed by atoms with Crippen LogP contribution in [0.1, 0.15) is 71.1 Å². The van der Waals surface area contributed by atoms with Crippen LogP contribution in [0.3, 0.4) is 0 Å². The van der Waals surface area contributed by atoms with Crippen LogP contribution in [-0.4, -0.2) is 17.2 Å². The number of ether oxygens (including phenoxy) is 1. The molecule has 1 aliphatic heterocycles. The molecular formula is C17H28O3. The SMILES string of the molecule is C=C1OC(=O)/C(=C\CCCCCCCCCCC)[C@H]1O. The predicted octanol–water partition coefficient (Wildman–Crippen LogP) is 4.27. The largest absolute Gasteiger partial charge is 0.425 e. The lowest BCUT2D eigenvalue weighted by Crippen LogP contribution is -2.07. The molecule has 1 saturated heterocycles. The van der Waals surface area contributed by atoms with E-state index in [9.17, 15) is 9.90 Å². The van der Waals surface area contributed by atoms with E-state index in [1.165, 1.54) is 51.4 Å². The van der Waals surface area contributed by atoms with Crippen LogP contribution in [0.4, 0.5) is 0 Å². The molecule has 1 fully saturated rings. The third-order valence-corrected chi connectivity index (χ3v) is 3.73. The first-order valence-corrected chi connectivity index (χ1v) is 7.96. The van der Waals surface area contributed by atoms with Crippen molar-refractivity contribution in [3.05, 3.63) is 24.0 Å². The summed E-state index contributed by atoms with van der Waals surface area (Å²) in [5.41, 5.74) is 0.356. The molecule has 0 amide bonds. The van der Waals surface area contributed by atoms with E-state index in [1.807, 2.05) is 0 Å². The molecule has 3 heteroatoms. The van der Waals surface area contributed by atoms with Crippen molar-refractivity contribution >= 4 is 5.97 Å². The lowest BCUT2D eigenvalue weighted by atomic mass is 10.0. The van der Waals surface area contributed by atoms with E-state index in [2.05, 4.69) is 13.5 Å². The van der Waals surface area contributed by atoms with Crippen LogP contribution in [-0.2, 0) is 9.53 Å². The Labute approximate surface area is 122 Å². The maximum Gasteiger partial charge on any atom is 0.341 e. The molecule has 1 N–H and O–H groups in total. The van der Waals surface area contributed by atoms with E-state index in [4.69, 9.17) is 4.74 Å². The van der Waals surface area contributed by atoms with Crippen LogP contribution in [0, 0.1) is 0 Å². The van der Waals surface area contributed by atoms with Crippen LogP contribution in [0.2, 0.25) is 0 Å². The van der Waals surface area contributed by atoms with E-state index >= 15 is 0 Å². The van der Waals surface area contributed by atoms with Gasteiger partial charge < -0.3 is 9.84 Å². The lowest BCUT2D eigenvalue weighted by molar-refractivity contribution is -0.132. The van der Waals surface area contributed by atoms with Gasteiger partial charge in [0.05, 0.1) is 5.57 Å². The summed E-state index contributed by atoms with van der Waals surface area (Å²) >= 11 is 0. The van der Waals surface area contributed by atoms with Gasteiger partial charge in [0.15, 0.2) is 0 Å². The highest BCUT2D eigenvalue weighted by Gasteiger charge is 2.32. The van der Waals surface area contributed by atoms with Crippen molar-refractivity contribution in [2.24, 2.45) is 0 Å². The molecule has 1 aliphatic rings. The smallest absolute Gasteiger partial charge is 0.341 e. The number of allylic oxidation sites excluding steroid dienone is 1. The number of carbonyl (C=O) groups is 1. The summed E-state index contributed by atoms with van der Waals surface area (Å²) in [5.74, 6) is -0.299. The molecule has 0 aromatic rings. The Bertz CT molecular complexity index is 344. The second kappa shape index (κ2) is 9.76. The molecule has 1 atom stereocenters. The first kappa shape index (κ1) is 17.0. The van der Waals surface area contributed by atoms with Gasteiger partial charge in [0.1, 0.15) is 11.9 Å². The molecular weight excluding hydrogens is 252 g/mol. The number of unbranched alkanes of at least 4 members (excludes halogenated alkanes) is 9. The van der Waals surface area contributed by atoms with Gasteiger partial charge in [-0.25, -0.2) is 4.79 Å². The molecule has 114 valence electrons. The fraction of sp³-hybridized carbons (Fsp3) is 0.706. The van der Waals surface area contributed by atoms with Crippen molar-refractivity contribution in [3.63, 3.8) is 0 Å². The van der Waals surface area contributed by atoms with Crippen LogP contribution >= 0.6 is 0 Å². The molecule has 0 bridgehead atoms. The van der Waals surface area contributed by atoms with Crippen molar-refractivity contribution in [2.75, 3.05) is 0 Å². The van der Waals surface area contributed by atoms with E-state index in [0.717, 1.165) is 12.8 Å². The van der Waals surface area contributed by atoms with Crippen molar-refractivity contribution in [1.82, 2.24) is 0 Å². The maximum absolute atomic E-state index is 11.4. The maximum atomic E-state index is 11.4. The molecule has 1 rings (SSSR count). The zero-order valence-corrected chi connectivity index (χ0v) is 12.7. The number of hydrogen-bond donors (Lipinski definition) is 1. The second-order valence-corrected chi connectivity index (χ2v) is 5.53. The Kier molecular flexibility index (Phi) is 8.28. The predicted molar refractivity (Wildman–Crippen MR) is 81.2 cm³/mol. The lowest BCUT2D eigenvalue weighted by Gasteiger charge is -2.01. The van der Waals surface area contributed by atoms with Gasteiger partial charge >= 0.3 is 5.97 Å². The monoisotopic (exact) mass is 280 g/mol. The third-order valence-electron chi connectivity index (χ3n) is 3.73. The number of esters is 1. The Morgan fingerprint density at radius 1 is 1.10 bits per heavy atom. The van der Waals surface area contributed by atoms with Gasteiger partial charge in [0.25, 0.3) is 0 Å². The van der Waals surface area contributed by atoms with Gasteiger partial charge in [0, 0.05) is 0 Å². The van der Waals surface area contributed by atoms with Crippen LogP contribution in [0.25, 0.3) is 0 Å². The topological polar surface area (TPSA) is 46.5 Å². The summed E-state index contributed by atoms with van der Waals surface area (Å²) in [4.78, 5) is 11.4. The number of hydrogen-bond acceptors (Lipinski definition) is 3. The number of aliphatic hydroxyl groups is 1. The molecule has 3 nitrogen and oxygen atoms in total. The molecule has 0 saturated carbocycles. The fourth-order valence-corrected chi connectivity index (χ4v) is 2.43. The summed E-state index contributed by atoms with van der Waals surface area (Å²) in [6, 6.07) is 0. The minimum absolute atomic E-state index is 0.147. The Hall–Kier alpha value is -1.09. The van der Waals surface area contributed by atoms with Crippen molar-refractivity contribution in [3.8, 4) is 0 Å². The first-order valence-electron chi connectivity index (χ1n) is 7.96. The van der Waals surface area contributed by atoms with Gasteiger partial charge in [-0.05, 0) is 12.8 Å². The highest BCUT2D eigenvalue weighted by molar-refractivity contribution is 5.93. The summed E-state index contributed by atoms with van der Waals surface area (Å²) in [6.45, 7) is 5.74. The van der Waals surface area contributed by atoms with E-state index < -0.39 is 12.1 Å². The summed E-state index contributed by atoms with van der Waals surface area (Å²) in [7, 11) is 0. The minimum Gasteiger partial charge on any atom is -0.425 e. The van der Waals surface area contributed by atoms with E-state index in [1.54, 1.807) is 6.08 Å². The van der Waals surface area contributed by atoms with Gasteiger partial charge in [0.2, 0.25) is 0 Å². The first-order chi connectivity index (χ1) is 9.66. The molecule has 0 radical (unpaired) electrons. The summed E-state index contributed by atoms with van der Waals surface area (Å²) in [5, 5.41) is 9.66. The molecule has 0 aliphatic carbocycles. The number of rotatable bonds is 10. The number of carbonyl (C=O) groups excluding carboxylic acids is 1. The van der Waals surface area contributed by atoms with Crippen LogP contribution in [0.5, 0.6) is 0 Å². The average Bonchev–Trinajstić information content (AvgIpc) is 2.67. The number of cyclic esters (lactones) is 1. The molecule has 0 spiro atoms. The Morgan fingerprint density at radius 2 is 1.65 bits per heavy atom.